The van der Waals surface area contributed by atoms with Crippen molar-refractivity contribution in [2.75, 3.05) is 0 Å². The number of hydrogen-bond donors (Lipinski definition) is 0. The number of carbonyl (C=O) groups excluding carboxylic acids is 1. The quantitative estimate of drug-likeness (QED) is 0.723. The molecule has 0 radical (unpaired) electrons. The maximum Gasteiger partial charge on any atom is 0.231 e. The molecule has 0 saturated heterocycles. The van der Waals surface area contributed by atoms with E-state index in [0.717, 1.165) is 17.9 Å². The van der Waals surface area contributed by atoms with Crippen molar-refractivity contribution in [1.29, 1.82) is 0 Å². The van der Waals surface area contributed by atoms with Crippen molar-refractivity contribution < 1.29 is 4.79 Å². The van der Waals surface area contributed by atoms with Gasteiger partial charge in [-0.05, 0) is 54.8 Å². The zero-order valence-electron chi connectivity index (χ0n) is 9.79. The molecule has 1 saturated carbocycles. The lowest BCUT2D eigenvalue weighted by Crippen LogP contribution is -2.28. The Morgan fingerprint density at radius 2 is 1.94 bits per heavy atom. The molecule has 1 aliphatic rings. The molecular weight excluding hydrogens is 220 g/mol. The second-order valence-corrected chi connectivity index (χ2v) is 5.20. The number of halogens is 1. The Labute approximate surface area is 102 Å². The van der Waals surface area contributed by atoms with Gasteiger partial charge in [0.15, 0.2) is 0 Å². The van der Waals surface area contributed by atoms with Crippen LogP contribution in [0, 0.1) is 0 Å². The van der Waals surface area contributed by atoms with E-state index >= 15 is 0 Å². The molecule has 1 aliphatic carbocycles. The monoisotopic (exact) mass is 236 g/mol. The fourth-order valence-electron chi connectivity index (χ4n) is 2.00. The highest BCUT2D eigenvalue weighted by Gasteiger charge is 2.32. The summed E-state index contributed by atoms with van der Waals surface area (Å²) < 4.78 is 0. The van der Waals surface area contributed by atoms with Crippen LogP contribution in [0.5, 0.6) is 0 Å². The average Bonchev–Trinajstić information content (AvgIpc) is 3.12. The van der Waals surface area contributed by atoms with Crippen molar-refractivity contribution in [3.8, 4) is 0 Å². The van der Waals surface area contributed by atoms with Gasteiger partial charge in [0.1, 0.15) is 0 Å². The normalized spacial score (nSPS) is 19.2. The summed E-state index contributed by atoms with van der Waals surface area (Å²) in [5, 5.41) is -0.269. The summed E-state index contributed by atoms with van der Waals surface area (Å²) in [6, 6.07) is 8.39. The highest BCUT2D eigenvalue weighted by Crippen LogP contribution is 2.41. The van der Waals surface area contributed by atoms with Crippen LogP contribution < -0.4 is 0 Å². The van der Waals surface area contributed by atoms with E-state index in [0.29, 0.717) is 0 Å². The van der Waals surface area contributed by atoms with Crippen LogP contribution in [0.15, 0.2) is 24.3 Å². The molecule has 1 aromatic rings. The zero-order chi connectivity index (χ0) is 11.8. The van der Waals surface area contributed by atoms with E-state index in [-0.39, 0.29) is 5.24 Å². The van der Waals surface area contributed by atoms with E-state index in [1.54, 1.807) is 0 Å². The van der Waals surface area contributed by atoms with Crippen LogP contribution in [-0.2, 0) is 10.2 Å². The Morgan fingerprint density at radius 3 is 2.31 bits per heavy atom. The maximum atomic E-state index is 11.5. The standard InChI is InChI=1S/C14H17ClO/c1-3-14(2,13(15)16)12-8-6-11(7-9-12)10-4-5-10/h6-10H,3-5H2,1-2H3. The van der Waals surface area contributed by atoms with Gasteiger partial charge in [0.25, 0.3) is 0 Å². The minimum atomic E-state index is -0.538. The summed E-state index contributed by atoms with van der Waals surface area (Å²) >= 11 is 5.70. The predicted molar refractivity (Wildman–Crippen MR) is 66.9 cm³/mol. The van der Waals surface area contributed by atoms with Gasteiger partial charge in [-0.3, -0.25) is 4.79 Å². The van der Waals surface area contributed by atoms with E-state index in [9.17, 15) is 4.79 Å². The van der Waals surface area contributed by atoms with Gasteiger partial charge >= 0.3 is 0 Å². The Balaban J connectivity index is 2.28. The lowest BCUT2D eigenvalue weighted by molar-refractivity contribution is -0.116. The summed E-state index contributed by atoms with van der Waals surface area (Å²) in [4.78, 5) is 11.5. The van der Waals surface area contributed by atoms with Gasteiger partial charge < -0.3 is 0 Å². The fraction of sp³-hybridized carbons (Fsp3) is 0.500. The first-order valence-electron chi connectivity index (χ1n) is 5.88. The minimum absolute atomic E-state index is 0.269. The summed E-state index contributed by atoms with van der Waals surface area (Å²) in [5.74, 6) is 0.758. The van der Waals surface area contributed by atoms with Gasteiger partial charge in [-0.25, -0.2) is 0 Å². The van der Waals surface area contributed by atoms with Crippen molar-refractivity contribution in [2.24, 2.45) is 0 Å². The molecule has 1 atom stereocenters. The molecule has 1 aromatic carbocycles. The van der Waals surface area contributed by atoms with Gasteiger partial charge in [0.05, 0.1) is 5.41 Å². The molecule has 2 heteroatoms. The molecule has 1 nitrogen and oxygen atoms in total. The average molecular weight is 237 g/mol. The first-order chi connectivity index (χ1) is 7.58. The summed E-state index contributed by atoms with van der Waals surface area (Å²) in [6.45, 7) is 3.91. The van der Waals surface area contributed by atoms with Crippen molar-refractivity contribution >= 4 is 16.8 Å². The molecule has 86 valence electrons. The molecule has 0 aromatic heterocycles. The first-order valence-corrected chi connectivity index (χ1v) is 6.26. The predicted octanol–water partition coefficient (Wildman–Crippen LogP) is 4.00. The third kappa shape index (κ3) is 2.01. The highest BCUT2D eigenvalue weighted by molar-refractivity contribution is 6.65. The molecule has 1 fully saturated rings. The first kappa shape index (κ1) is 11.7. The van der Waals surface area contributed by atoms with E-state index in [1.165, 1.54) is 18.4 Å². The number of rotatable bonds is 4. The van der Waals surface area contributed by atoms with Crippen LogP contribution in [0.2, 0.25) is 0 Å². The molecule has 0 aliphatic heterocycles. The smallest absolute Gasteiger partial charge is 0.231 e. The van der Waals surface area contributed by atoms with E-state index in [2.05, 4.69) is 24.3 Å². The van der Waals surface area contributed by atoms with E-state index in [1.807, 2.05) is 13.8 Å². The van der Waals surface area contributed by atoms with Crippen molar-refractivity contribution in [3.63, 3.8) is 0 Å². The number of hydrogen-bond acceptors (Lipinski definition) is 1. The van der Waals surface area contributed by atoms with Crippen LogP contribution in [-0.4, -0.2) is 5.24 Å². The Morgan fingerprint density at radius 1 is 1.38 bits per heavy atom. The van der Waals surface area contributed by atoms with Crippen LogP contribution in [0.4, 0.5) is 0 Å². The second-order valence-electron chi connectivity index (χ2n) is 4.86. The Hall–Kier alpha value is -0.820. The van der Waals surface area contributed by atoms with Crippen molar-refractivity contribution in [3.05, 3.63) is 35.4 Å². The summed E-state index contributed by atoms with van der Waals surface area (Å²) in [5.41, 5.74) is 1.88. The van der Waals surface area contributed by atoms with Crippen LogP contribution in [0.3, 0.4) is 0 Å². The molecule has 0 amide bonds. The molecule has 2 rings (SSSR count). The summed E-state index contributed by atoms with van der Waals surface area (Å²) in [6.07, 6.45) is 3.34. The second kappa shape index (κ2) is 4.21. The highest BCUT2D eigenvalue weighted by atomic mass is 35.5. The van der Waals surface area contributed by atoms with Crippen molar-refractivity contribution in [2.45, 2.75) is 44.4 Å². The van der Waals surface area contributed by atoms with Gasteiger partial charge in [-0.1, -0.05) is 31.2 Å². The molecule has 0 heterocycles. The lowest BCUT2D eigenvalue weighted by Gasteiger charge is -2.24. The van der Waals surface area contributed by atoms with Crippen LogP contribution in [0.1, 0.15) is 50.2 Å². The fourth-order valence-corrected chi connectivity index (χ4v) is 2.24. The third-order valence-electron chi connectivity index (χ3n) is 3.74. The maximum absolute atomic E-state index is 11.5. The van der Waals surface area contributed by atoms with Crippen LogP contribution >= 0.6 is 11.6 Å². The number of benzene rings is 1. The number of carbonyl (C=O) groups is 1. The molecule has 1 unspecified atom stereocenters. The van der Waals surface area contributed by atoms with Gasteiger partial charge in [0.2, 0.25) is 5.24 Å². The molecule has 16 heavy (non-hydrogen) atoms. The SMILES string of the molecule is CCC(C)(C(=O)Cl)c1ccc(C2CC2)cc1. The van der Waals surface area contributed by atoms with E-state index in [4.69, 9.17) is 11.6 Å². The lowest BCUT2D eigenvalue weighted by atomic mass is 9.81. The molecule has 0 bridgehead atoms. The van der Waals surface area contributed by atoms with Crippen molar-refractivity contribution in [1.82, 2.24) is 0 Å². The minimum Gasteiger partial charge on any atom is -0.280 e. The third-order valence-corrected chi connectivity index (χ3v) is 4.15. The van der Waals surface area contributed by atoms with Gasteiger partial charge in [-0.15, -0.1) is 0 Å². The topological polar surface area (TPSA) is 17.1 Å². The largest absolute Gasteiger partial charge is 0.280 e. The molecule has 0 spiro atoms. The Kier molecular flexibility index (Phi) is 3.07. The summed E-state index contributed by atoms with van der Waals surface area (Å²) in [7, 11) is 0. The molecule has 0 N–H and O–H groups in total. The van der Waals surface area contributed by atoms with E-state index < -0.39 is 5.41 Å². The van der Waals surface area contributed by atoms with Crippen LogP contribution in [0.25, 0.3) is 0 Å². The molecular formula is C14H17ClO. The van der Waals surface area contributed by atoms with Gasteiger partial charge in [-0.2, -0.15) is 0 Å². The Bertz CT molecular complexity index is 392. The zero-order valence-corrected chi connectivity index (χ0v) is 10.6. The van der Waals surface area contributed by atoms with Gasteiger partial charge in [0, 0.05) is 0 Å².